The van der Waals surface area contributed by atoms with E-state index in [9.17, 15) is 9.59 Å². The summed E-state index contributed by atoms with van der Waals surface area (Å²) >= 11 is 0. The van der Waals surface area contributed by atoms with Crippen molar-refractivity contribution in [3.63, 3.8) is 0 Å². The van der Waals surface area contributed by atoms with Gasteiger partial charge < -0.3 is 24.6 Å². The molecule has 0 spiro atoms. The number of ether oxygens (including phenoxy) is 1. The smallest absolute Gasteiger partial charge is 0.290 e. The Morgan fingerprint density at radius 1 is 1.31 bits per heavy atom. The van der Waals surface area contributed by atoms with Crippen LogP contribution in [-0.2, 0) is 14.3 Å². The lowest BCUT2D eigenvalue weighted by atomic mass is 9.78. The average molecular weight is 446 g/mol. The molecule has 8 heteroatoms. The monoisotopic (exact) mass is 445 g/mol. The molecule has 3 aliphatic rings. The van der Waals surface area contributed by atoms with Gasteiger partial charge in [0, 0.05) is 50.5 Å². The van der Waals surface area contributed by atoms with Crippen LogP contribution in [0.2, 0.25) is 0 Å². The summed E-state index contributed by atoms with van der Waals surface area (Å²) in [5, 5.41) is 9.98. The van der Waals surface area contributed by atoms with E-state index in [1.165, 1.54) is 5.57 Å². The van der Waals surface area contributed by atoms with Gasteiger partial charge in [-0.15, -0.1) is 0 Å². The van der Waals surface area contributed by atoms with Crippen molar-refractivity contribution in [2.45, 2.75) is 57.6 Å². The SMILES string of the molecule is CC(C)=CCCN1C[C@H]2C[C@@H](C1)[C@H](CNC(=O)[C@@H]1CCCO1)n1c2cccc1=O.O=CO. The van der Waals surface area contributed by atoms with E-state index >= 15 is 0 Å². The molecular weight excluding hydrogens is 410 g/mol. The van der Waals surface area contributed by atoms with Gasteiger partial charge in [0.1, 0.15) is 6.10 Å². The molecule has 32 heavy (non-hydrogen) atoms. The van der Waals surface area contributed by atoms with Gasteiger partial charge in [-0.25, -0.2) is 0 Å². The summed E-state index contributed by atoms with van der Waals surface area (Å²) in [6, 6.07) is 5.62. The molecule has 1 aromatic rings. The molecule has 8 nitrogen and oxygen atoms in total. The minimum atomic E-state index is -0.328. The topological polar surface area (TPSA) is 101 Å². The van der Waals surface area contributed by atoms with Crippen molar-refractivity contribution in [1.82, 2.24) is 14.8 Å². The fourth-order valence-electron chi connectivity index (χ4n) is 5.22. The molecule has 4 atom stereocenters. The zero-order chi connectivity index (χ0) is 23.1. The molecule has 0 aromatic carbocycles. The molecule has 2 bridgehead atoms. The second-order valence-electron chi connectivity index (χ2n) is 9.10. The maximum Gasteiger partial charge on any atom is 0.290 e. The molecular formula is C24H35N3O5. The number of hydrogen-bond acceptors (Lipinski definition) is 5. The highest BCUT2D eigenvalue weighted by molar-refractivity contribution is 5.80. The highest BCUT2D eigenvalue weighted by Gasteiger charge is 2.40. The first kappa shape index (κ1) is 24.2. The highest BCUT2D eigenvalue weighted by atomic mass is 16.5. The Balaban J connectivity index is 0.000000913. The fourth-order valence-corrected chi connectivity index (χ4v) is 5.22. The molecule has 176 valence electrons. The van der Waals surface area contributed by atoms with Gasteiger partial charge in [0.05, 0.1) is 6.04 Å². The van der Waals surface area contributed by atoms with Crippen LogP contribution in [0.1, 0.15) is 57.2 Å². The van der Waals surface area contributed by atoms with Crippen molar-refractivity contribution >= 4 is 12.4 Å². The number of fused-ring (bicyclic) bond motifs is 4. The minimum absolute atomic E-state index is 0.00607. The van der Waals surface area contributed by atoms with Crippen molar-refractivity contribution < 1.29 is 19.4 Å². The van der Waals surface area contributed by atoms with Crippen LogP contribution >= 0.6 is 0 Å². The van der Waals surface area contributed by atoms with Crippen molar-refractivity contribution in [2.75, 3.05) is 32.8 Å². The lowest BCUT2D eigenvalue weighted by Gasteiger charge is -2.47. The van der Waals surface area contributed by atoms with Gasteiger partial charge in [-0.1, -0.05) is 17.7 Å². The molecule has 0 aliphatic carbocycles. The van der Waals surface area contributed by atoms with Gasteiger partial charge in [-0.2, -0.15) is 0 Å². The molecule has 3 aliphatic heterocycles. The third-order valence-electron chi connectivity index (χ3n) is 6.58. The maximum atomic E-state index is 12.7. The second-order valence-corrected chi connectivity index (χ2v) is 9.10. The summed E-state index contributed by atoms with van der Waals surface area (Å²) in [7, 11) is 0. The number of likely N-dealkylation sites (tertiary alicyclic amines) is 1. The number of nitrogens with zero attached hydrogens (tertiary/aromatic N) is 2. The van der Waals surface area contributed by atoms with Gasteiger partial charge in [-0.05, 0) is 51.5 Å². The van der Waals surface area contributed by atoms with E-state index in [-0.39, 0.29) is 30.1 Å². The Bertz CT molecular complexity index is 871. The summed E-state index contributed by atoms with van der Waals surface area (Å²) in [6.45, 7) is 8.22. The third kappa shape index (κ3) is 5.86. The van der Waals surface area contributed by atoms with Crippen LogP contribution in [0, 0.1) is 5.92 Å². The van der Waals surface area contributed by atoms with E-state index in [2.05, 4.69) is 36.2 Å². The zero-order valence-corrected chi connectivity index (χ0v) is 19.0. The standard InChI is InChI=1S/C23H33N3O3.CH2O2/c1-16(2)6-4-10-25-14-17-12-18(15-25)20(26-19(17)7-3-9-22(26)27)13-24-23(28)21-8-5-11-29-21;2-1-3/h3,6-7,9,17-18,20-21H,4-5,8,10-15H2,1-2H3,(H,24,28);1H,(H,2,3)/t17-,18+,20+,21+;/m1./s1. The lowest BCUT2D eigenvalue weighted by Crippen LogP contribution is -2.52. The molecule has 4 heterocycles. The van der Waals surface area contributed by atoms with Crippen LogP contribution in [0.25, 0.3) is 0 Å². The van der Waals surface area contributed by atoms with Crippen molar-refractivity contribution in [3.05, 3.63) is 45.9 Å². The Morgan fingerprint density at radius 3 is 2.78 bits per heavy atom. The van der Waals surface area contributed by atoms with Crippen LogP contribution in [0.3, 0.4) is 0 Å². The normalized spacial score (nSPS) is 26.3. The Labute approximate surface area is 189 Å². The first-order valence-corrected chi connectivity index (χ1v) is 11.5. The maximum absolute atomic E-state index is 12.7. The Morgan fingerprint density at radius 2 is 2.09 bits per heavy atom. The van der Waals surface area contributed by atoms with Gasteiger partial charge in [0.15, 0.2) is 0 Å². The van der Waals surface area contributed by atoms with Gasteiger partial charge in [-0.3, -0.25) is 14.4 Å². The number of allylic oxidation sites excluding steroid dienone is 1. The van der Waals surface area contributed by atoms with Crippen LogP contribution < -0.4 is 10.9 Å². The highest BCUT2D eigenvalue weighted by Crippen LogP contribution is 2.40. The lowest BCUT2D eigenvalue weighted by molar-refractivity contribution is -0.130. The molecule has 2 N–H and O–H groups in total. The third-order valence-corrected chi connectivity index (χ3v) is 6.58. The number of nitrogens with one attached hydrogen (secondary N) is 1. The number of hydrogen-bond donors (Lipinski definition) is 2. The van der Waals surface area contributed by atoms with Crippen molar-refractivity contribution in [1.29, 1.82) is 0 Å². The van der Waals surface area contributed by atoms with E-state index < -0.39 is 0 Å². The molecule has 4 rings (SSSR count). The Hall–Kier alpha value is -2.45. The van der Waals surface area contributed by atoms with E-state index in [0.717, 1.165) is 51.0 Å². The number of carbonyl (C=O) groups is 2. The summed E-state index contributed by atoms with van der Waals surface area (Å²) < 4.78 is 7.48. The second kappa shape index (κ2) is 11.4. The van der Waals surface area contributed by atoms with Crippen LogP contribution in [0.5, 0.6) is 0 Å². The van der Waals surface area contributed by atoms with Gasteiger partial charge in [0.25, 0.3) is 12.0 Å². The van der Waals surface area contributed by atoms with Crippen molar-refractivity contribution in [2.24, 2.45) is 5.92 Å². The van der Waals surface area contributed by atoms with E-state index in [1.54, 1.807) is 6.07 Å². The number of carboxylic acid groups (broad SMARTS) is 1. The molecule has 0 unspecified atom stereocenters. The van der Waals surface area contributed by atoms with E-state index in [1.807, 2.05) is 10.6 Å². The van der Waals surface area contributed by atoms with Gasteiger partial charge in [0.2, 0.25) is 5.91 Å². The predicted molar refractivity (Wildman–Crippen MR) is 122 cm³/mol. The van der Waals surface area contributed by atoms with E-state index in [0.29, 0.717) is 25.0 Å². The number of amides is 1. The first-order valence-electron chi connectivity index (χ1n) is 11.5. The summed E-state index contributed by atoms with van der Waals surface area (Å²) in [5.41, 5.74) is 2.53. The number of rotatable bonds is 6. The Kier molecular flexibility index (Phi) is 8.64. The quantitative estimate of drug-likeness (QED) is 0.514. The number of pyridine rings is 1. The summed E-state index contributed by atoms with van der Waals surface area (Å²) in [4.78, 5) is 36.1. The zero-order valence-electron chi connectivity index (χ0n) is 19.0. The molecule has 2 fully saturated rings. The van der Waals surface area contributed by atoms with E-state index in [4.69, 9.17) is 14.6 Å². The molecule has 1 aromatic heterocycles. The van der Waals surface area contributed by atoms with Crippen LogP contribution in [0.15, 0.2) is 34.6 Å². The summed E-state index contributed by atoms with van der Waals surface area (Å²) in [6.07, 6.45) is 5.84. The molecule has 0 radical (unpaired) electrons. The summed E-state index contributed by atoms with van der Waals surface area (Å²) in [5.74, 6) is 0.726. The first-order chi connectivity index (χ1) is 15.4. The minimum Gasteiger partial charge on any atom is -0.483 e. The molecule has 1 amide bonds. The van der Waals surface area contributed by atoms with Crippen LogP contribution in [0.4, 0.5) is 0 Å². The number of aromatic nitrogens is 1. The predicted octanol–water partition coefficient (Wildman–Crippen LogP) is 2.16. The molecule has 2 saturated heterocycles. The number of carbonyl (C=O) groups excluding carboxylic acids is 1. The fraction of sp³-hybridized carbons (Fsp3) is 0.625. The molecule has 0 saturated carbocycles. The van der Waals surface area contributed by atoms with Crippen LogP contribution in [-0.4, -0.2) is 65.8 Å². The van der Waals surface area contributed by atoms with Crippen molar-refractivity contribution in [3.8, 4) is 0 Å². The number of piperidine rings is 1. The largest absolute Gasteiger partial charge is 0.483 e. The average Bonchev–Trinajstić information content (AvgIpc) is 3.29. The van der Waals surface area contributed by atoms with Gasteiger partial charge >= 0.3 is 0 Å².